The first-order valence-corrected chi connectivity index (χ1v) is 6.18. The summed E-state index contributed by atoms with van der Waals surface area (Å²) in [6.07, 6.45) is 6.34. The molecule has 1 atom stereocenters. The van der Waals surface area contributed by atoms with Crippen molar-refractivity contribution in [2.75, 3.05) is 6.61 Å². The fraction of sp³-hybridized carbons (Fsp3) is 0.571. The average molecular weight is 234 g/mol. The van der Waals surface area contributed by atoms with Crippen LogP contribution in [0.4, 0.5) is 0 Å². The van der Waals surface area contributed by atoms with Gasteiger partial charge in [0.05, 0.1) is 12.0 Å². The van der Waals surface area contributed by atoms with Gasteiger partial charge in [-0.1, -0.05) is 11.6 Å². The monoisotopic (exact) mass is 234 g/mol. The minimum atomic E-state index is -0.552. The topological polar surface area (TPSA) is 43.4 Å². The summed E-state index contributed by atoms with van der Waals surface area (Å²) in [6.45, 7) is 4.25. The van der Waals surface area contributed by atoms with Crippen molar-refractivity contribution in [3.63, 3.8) is 0 Å². The van der Waals surface area contributed by atoms with E-state index in [1.807, 2.05) is 19.9 Å². The van der Waals surface area contributed by atoms with E-state index in [2.05, 4.69) is 0 Å². The number of carbonyl (C=O) groups is 2. The summed E-state index contributed by atoms with van der Waals surface area (Å²) in [5.74, 6) is -0.0478. The van der Waals surface area contributed by atoms with Crippen molar-refractivity contribution in [1.29, 1.82) is 0 Å². The van der Waals surface area contributed by atoms with Gasteiger partial charge in [0.15, 0.2) is 5.78 Å². The van der Waals surface area contributed by atoms with Crippen molar-refractivity contribution in [3.05, 3.63) is 23.3 Å². The number of carbonyl (C=O) groups excluding carboxylic acids is 2. The summed E-state index contributed by atoms with van der Waals surface area (Å²) >= 11 is 0. The molecule has 17 heavy (non-hydrogen) atoms. The number of ether oxygens (including phenoxy) is 1. The van der Waals surface area contributed by atoms with E-state index in [0.717, 1.165) is 18.4 Å². The largest absolute Gasteiger partial charge is 0.465 e. The number of allylic oxidation sites excluding steroid dienone is 3. The Balaban J connectivity index is 2.40. The van der Waals surface area contributed by atoms with Gasteiger partial charge in [0, 0.05) is 6.42 Å². The maximum absolute atomic E-state index is 12.2. The molecule has 0 aromatic carbocycles. The lowest BCUT2D eigenvalue weighted by Crippen LogP contribution is -2.39. The third-order valence-electron chi connectivity index (χ3n) is 3.68. The van der Waals surface area contributed by atoms with Crippen molar-refractivity contribution < 1.29 is 14.3 Å². The fourth-order valence-corrected chi connectivity index (χ4v) is 2.65. The highest BCUT2D eigenvalue weighted by Crippen LogP contribution is 2.46. The molecule has 0 N–H and O–H groups in total. The zero-order chi connectivity index (χ0) is 12.5. The fourth-order valence-electron chi connectivity index (χ4n) is 2.65. The van der Waals surface area contributed by atoms with Gasteiger partial charge in [-0.3, -0.25) is 9.59 Å². The molecule has 92 valence electrons. The number of fused-ring (bicyclic) bond motifs is 1. The molecule has 0 fully saturated rings. The first kappa shape index (κ1) is 12.1. The van der Waals surface area contributed by atoms with E-state index >= 15 is 0 Å². The Labute approximate surface area is 102 Å². The van der Waals surface area contributed by atoms with Gasteiger partial charge in [0.2, 0.25) is 0 Å². The molecule has 0 aromatic heterocycles. The van der Waals surface area contributed by atoms with Crippen LogP contribution < -0.4 is 0 Å². The van der Waals surface area contributed by atoms with Gasteiger partial charge in [-0.05, 0) is 44.8 Å². The van der Waals surface area contributed by atoms with E-state index in [1.54, 1.807) is 6.08 Å². The minimum absolute atomic E-state index is 0.117. The lowest BCUT2D eigenvalue weighted by atomic mass is 9.66. The second-order valence-electron chi connectivity index (χ2n) is 4.86. The van der Waals surface area contributed by atoms with Gasteiger partial charge in [0.1, 0.15) is 0 Å². The van der Waals surface area contributed by atoms with Crippen LogP contribution in [0.25, 0.3) is 0 Å². The molecule has 2 aliphatic rings. The van der Waals surface area contributed by atoms with E-state index in [4.69, 9.17) is 4.74 Å². The van der Waals surface area contributed by atoms with Gasteiger partial charge < -0.3 is 4.74 Å². The summed E-state index contributed by atoms with van der Waals surface area (Å²) in [5, 5.41) is 0. The van der Waals surface area contributed by atoms with Crippen LogP contribution >= 0.6 is 0 Å². The third kappa shape index (κ3) is 2.06. The number of ketones is 1. The Morgan fingerprint density at radius 3 is 2.76 bits per heavy atom. The number of esters is 1. The highest BCUT2D eigenvalue weighted by Gasteiger charge is 2.46. The molecule has 0 amide bonds. The van der Waals surface area contributed by atoms with Gasteiger partial charge in [-0.2, -0.15) is 0 Å². The van der Waals surface area contributed by atoms with E-state index < -0.39 is 5.41 Å². The summed E-state index contributed by atoms with van der Waals surface area (Å²) in [5.41, 5.74) is 1.53. The van der Waals surface area contributed by atoms with Crippen LogP contribution in [0, 0.1) is 5.41 Å². The van der Waals surface area contributed by atoms with Gasteiger partial charge in [-0.15, -0.1) is 0 Å². The van der Waals surface area contributed by atoms with Crippen LogP contribution in [0.5, 0.6) is 0 Å². The molecule has 0 heterocycles. The van der Waals surface area contributed by atoms with Crippen molar-refractivity contribution >= 4 is 11.8 Å². The lowest BCUT2D eigenvalue weighted by molar-refractivity contribution is -0.154. The Kier molecular flexibility index (Phi) is 3.18. The lowest BCUT2D eigenvalue weighted by Gasteiger charge is -2.38. The van der Waals surface area contributed by atoms with Crippen LogP contribution in [-0.2, 0) is 14.3 Å². The van der Waals surface area contributed by atoms with Crippen molar-refractivity contribution in [3.8, 4) is 0 Å². The van der Waals surface area contributed by atoms with Crippen molar-refractivity contribution in [2.45, 2.75) is 39.5 Å². The van der Waals surface area contributed by atoms with Crippen LogP contribution in [0.3, 0.4) is 0 Å². The normalized spacial score (nSPS) is 28.0. The summed E-state index contributed by atoms with van der Waals surface area (Å²) < 4.78 is 5.19. The predicted molar refractivity (Wildman–Crippen MR) is 64.4 cm³/mol. The van der Waals surface area contributed by atoms with Crippen LogP contribution in [0.1, 0.15) is 39.5 Å². The molecule has 3 heteroatoms. The second-order valence-corrected chi connectivity index (χ2v) is 4.86. The summed E-state index contributed by atoms with van der Waals surface area (Å²) in [6, 6.07) is 0. The Bertz CT molecular complexity index is 417. The molecular weight excluding hydrogens is 216 g/mol. The van der Waals surface area contributed by atoms with Crippen LogP contribution in [-0.4, -0.2) is 18.4 Å². The molecule has 0 saturated heterocycles. The molecule has 2 aliphatic carbocycles. The first-order chi connectivity index (χ1) is 8.08. The van der Waals surface area contributed by atoms with E-state index in [1.165, 1.54) is 5.57 Å². The van der Waals surface area contributed by atoms with Gasteiger partial charge >= 0.3 is 5.97 Å². The van der Waals surface area contributed by atoms with E-state index in [9.17, 15) is 9.59 Å². The zero-order valence-corrected chi connectivity index (χ0v) is 10.4. The number of hydrogen-bond acceptors (Lipinski definition) is 3. The average Bonchev–Trinajstić information content (AvgIpc) is 2.29. The van der Waals surface area contributed by atoms with Crippen molar-refractivity contribution in [2.24, 2.45) is 5.41 Å². The predicted octanol–water partition coefficient (Wildman–Crippen LogP) is 2.57. The Morgan fingerprint density at radius 2 is 2.06 bits per heavy atom. The molecule has 0 aliphatic heterocycles. The molecule has 1 unspecified atom stereocenters. The van der Waals surface area contributed by atoms with Crippen molar-refractivity contribution in [1.82, 2.24) is 0 Å². The quantitative estimate of drug-likeness (QED) is 0.690. The maximum atomic E-state index is 12.2. The van der Waals surface area contributed by atoms with E-state index in [-0.39, 0.29) is 11.8 Å². The minimum Gasteiger partial charge on any atom is -0.465 e. The highest BCUT2D eigenvalue weighted by molar-refractivity contribution is 5.96. The number of hydrogen-bond donors (Lipinski definition) is 0. The van der Waals surface area contributed by atoms with Crippen LogP contribution in [0.2, 0.25) is 0 Å². The molecule has 3 nitrogen and oxygen atoms in total. The molecular formula is C14H18O3. The maximum Gasteiger partial charge on any atom is 0.316 e. The smallest absolute Gasteiger partial charge is 0.316 e. The first-order valence-electron chi connectivity index (χ1n) is 6.18. The highest BCUT2D eigenvalue weighted by atomic mass is 16.5. The standard InChI is InChI=1S/C14H18O3/c1-3-17-13(16)14-6-4-10(2)8-11(14)9-12(15)5-7-14/h8-9H,3-7H2,1-2H3. The summed E-state index contributed by atoms with van der Waals surface area (Å²) in [4.78, 5) is 23.7. The zero-order valence-electron chi connectivity index (χ0n) is 10.4. The SMILES string of the molecule is CCOC(=O)C12CCC(=O)C=C1C=C(C)CC2. The molecule has 0 saturated carbocycles. The third-order valence-corrected chi connectivity index (χ3v) is 3.68. The molecule has 0 spiro atoms. The molecule has 0 radical (unpaired) electrons. The van der Waals surface area contributed by atoms with E-state index in [0.29, 0.717) is 19.4 Å². The molecule has 2 rings (SSSR count). The molecule has 0 aromatic rings. The second kappa shape index (κ2) is 4.47. The Hall–Kier alpha value is -1.38. The summed E-state index contributed by atoms with van der Waals surface area (Å²) in [7, 11) is 0. The van der Waals surface area contributed by atoms with Gasteiger partial charge in [0.25, 0.3) is 0 Å². The Morgan fingerprint density at radius 1 is 1.35 bits per heavy atom. The molecule has 0 bridgehead atoms. The van der Waals surface area contributed by atoms with Crippen LogP contribution in [0.15, 0.2) is 23.3 Å². The number of rotatable bonds is 2. The van der Waals surface area contributed by atoms with Gasteiger partial charge in [-0.25, -0.2) is 0 Å².